The van der Waals surface area contributed by atoms with Gasteiger partial charge < -0.3 is 14.9 Å². The van der Waals surface area contributed by atoms with Crippen molar-refractivity contribution in [2.75, 3.05) is 0 Å². The summed E-state index contributed by atoms with van der Waals surface area (Å²) >= 11 is 0. The Morgan fingerprint density at radius 1 is 1.15 bits per heavy atom. The van der Waals surface area contributed by atoms with Crippen LogP contribution in [0.2, 0.25) is 0 Å². The van der Waals surface area contributed by atoms with Gasteiger partial charge in [-0.2, -0.15) is 0 Å². The van der Waals surface area contributed by atoms with E-state index < -0.39 is 0 Å². The molecule has 0 amide bonds. The zero-order chi connectivity index (χ0) is 18.9. The number of aliphatic imine (C=N–C) groups is 1. The van der Waals surface area contributed by atoms with Gasteiger partial charge in [0.1, 0.15) is 5.76 Å². The van der Waals surface area contributed by atoms with Crippen molar-refractivity contribution in [3.05, 3.63) is 59.7 Å². The molecule has 0 aliphatic heterocycles. The summed E-state index contributed by atoms with van der Waals surface area (Å²) in [5, 5.41) is 19.2. The zero-order valence-electron chi connectivity index (χ0n) is 15.5. The van der Waals surface area contributed by atoms with Crippen molar-refractivity contribution in [3.8, 4) is 11.5 Å². The monoisotopic (exact) mass is 353 g/mol. The van der Waals surface area contributed by atoms with Crippen molar-refractivity contribution >= 4 is 18.2 Å². The lowest BCUT2D eigenvalue weighted by Crippen LogP contribution is -2.11. The highest BCUT2D eigenvalue weighted by Gasteiger charge is 2.14. The number of nitrogens with zero attached hydrogens (tertiary/aromatic N) is 1. The molecular formula is C22H27NO3. The summed E-state index contributed by atoms with van der Waals surface area (Å²) in [6.45, 7) is 7.92. The standard InChI is InChI=1S/C22H27NO3/c1-4-8-17(5-2)26-22(18-9-6-7-10-19(18)23-3)14-12-16-11-13-20(24)21(25)15-16/h6-7,9-11,13-15,17,24-25H,3-5,8,12H2,1-2H3/b22-14+. The molecule has 2 aromatic carbocycles. The molecule has 2 aromatic rings. The van der Waals surface area contributed by atoms with Crippen LogP contribution < -0.4 is 0 Å². The van der Waals surface area contributed by atoms with Gasteiger partial charge in [0, 0.05) is 5.56 Å². The Hall–Kier alpha value is -2.75. The second-order valence-corrected chi connectivity index (χ2v) is 6.21. The van der Waals surface area contributed by atoms with E-state index >= 15 is 0 Å². The Balaban J connectivity index is 2.35. The largest absolute Gasteiger partial charge is 0.504 e. The van der Waals surface area contributed by atoms with Gasteiger partial charge in [-0.1, -0.05) is 38.5 Å². The molecule has 26 heavy (non-hydrogen) atoms. The van der Waals surface area contributed by atoms with Gasteiger partial charge in [-0.15, -0.1) is 0 Å². The second kappa shape index (κ2) is 9.66. The van der Waals surface area contributed by atoms with Crippen molar-refractivity contribution in [2.24, 2.45) is 4.99 Å². The molecular weight excluding hydrogens is 326 g/mol. The number of allylic oxidation sites excluding steroid dienone is 1. The average Bonchev–Trinajstić information content (AvgIpc) is 2.66. The number of rotatable bonds is 9. The Labute approximate surface area is 155 Å². The first-order valence-electron chi connectivity index (χ1n) is 9.02. The predicted molar refractivity (Wildman–Crippen MR) is 107 cm³/mol. The van der Waals surface area contributed by atoms with E-state index in [9.17, 15) is 10.2 Å². The highest BCUT2D eigenvalue weighted by Crippen LogP contribution is 2.30. The Kier molecular flexibility index (Phi) is 7.27. The first kappa shape index (κ1) is 19.6. The molecule has 4 heteroatoms. The van der Waals surface area contributed by atoms with E-state index in [-0.39, 0.29) is 17.6 Å². The molecule has 138 valence electrons. The Morgan fingerprint density at radius 3 is 2.58 bits per heavy atom. The second-order valence-electron chi connectivity index (χ2n) is 6.21. The number of aromatic hydroxyl groups is 2. The lowest BCUT2D eigenvalue weighted by Gasteiger charge is -2.20. The lowest BCUT2D eigenvalue weighted by atomic mass is 10.1. The quantitative estimate of drug-likeness (QED) is 0.350. The zero-order valence-corrected chi connectivity index (χ0v) is 15.5. The van der Waals surface area contributed by atoms with Crippen LogP contribution in [0.25, 0.3) is 5.76 Å². The van der Waals surface area contributed by atoms with Gasteiger partial charge in [-0.25, -0.2) is 0 Å². The Bertz CT molecular complexity index is 768. The van der Waals surface area contributed by atoms with Crippen molar-refractivity contribution in [3.63, 3.8) is 0 Å². The van der Waals surface area contributed by atoms with Crippen LogP contribution >= 0.6 is 0 Å². The van der Waals surface area contributed by atoms with Crippen LogP contribution in [-0.2, 0) is 11.2 Å². The number of hydrogen-bond donors (Lipinski definition) is 2. The number of para-hydroxylation sites is 1. The maximum Gasteiger partial charge on any atom is 0.157 e. The van der Waals surface area contributed by atoms with Crippen LogP contribution in [0.5, 0.6) is 11.5 Å². The van der Waals surface area contributed by atoms with Crippen LogP contribution in [-0.4, -0.2) is 23.0 Å². The normalized spacial score (nSPS) is 12.6. The molecule has 1 atom stereocenters. The molecule has 0 radical (unpaired) electrons. The van der Waals surface area contributed by atoms with Gasteiger partial charge in [0.25, 0.3) is 0 Å². The summed E-state index contributed by atoms with van der Waals surface area (Å²) in [6, 6.07) is 12.6. The van der Waals surface area contributed by atoms with E-state index in [1.807, 2.05) is 30.3 Å². The first-order valence-corrected chi connectivity index (χ1v) is 9.02. The maximum absolute atomic E-state index is 9.69. The highest BCUT2D eigenvalue weighted by molar-refractivity contribution is 5.72. The first-order chi connectivity index (χ1) is 12.6. The van der Waals surface area contributed by atoms with E-state index in [2.05, 4.69) is 25.6 Å². The van der Waals surface area contributed by atoms with Crippen LogP contribution in [0.3, 0.4) is 0 Å². The number of hydrogen-bond acceptors (Lipinski definition) is 4. The fourth-order valence-electron chi connectivity index (χ4n) is 2.80. The van der Waals surface area contributed by atoms with E-state index in [0.717, 1.165) is 41.8 Å². The number of phenols is 2. The molecule has 1 unspecified atom stereocenters. The van der Waals surface area contributed by atoms with Gasteiger partial charge >= 0.3 is 0 Å². The fraction of sp³-hybridized carbons (Fsp3) is 0.318. The fourth-order valence-corrected chi connectivity index (χ4v) is 2.80. The Morgan fingerprint density at radius 2 is 1.92 bits per heavy atom. The van der Waals surface area contributed by atoms with Crippen molar-refractivity contribution in [1.82, 2.24) is 0 Å². The summed E-state index contributed by atoms with van der Waals surface area (Å²) in [5.41, 5.74) is 2.56. The van der Waals surface area contributed by atoms with Crippen molar-refractivity contribution < 1.29 is 14.9 Å². The number of ether oxygens (including phenoxy) is 1. The lowest BCUT2D eigenvalue weighted by molar-refractivity contribution is 0.151. The molecule has 0 saturated heterocycles. The van der Waals surface area contributed by atoms with Gasteiger partial charge in [0.2, 0.25) is 0 Å². The molecule has 0 aliphatic rings. The molecule has 4 nitrogen and oxygen atoms in total. The van der Waals surface area contributed by atoms with E-state index in [4.69, 9.17) is 4.74 Å². The smallest absolute Gasteiger partial charge is 0.157 e. The third-order valence-electron chi connectivity index (χ3n) is 4.26. The van der Waals surface area contributed by atoms with Crippen LogP contribution in [0.4, 0.5) is 5.69 Å². The summed E-state index contributed by atoms with van der Waals surface area (Å²) in [4.78, 5) is 4.11. The minimum Gasteiger partial charge on any atom is -0.504 e. The molecule has 0 bridgehead atoms. The molecule has 0 fully saturated rings. The molecule has 0 aromatic heterocycles. The molecule has 0 heterocycles. The van der Waals surface area contributed by atoms with Crippen molar-refractivity contribution in [2.45, 2.75) is 45.6 Å². The minimum absolute atomic E-state index is 0.121. The molecule has 0 spiro atoms. The van der Waals surface area contributed by atoms with Gasteiger partial charge in [-0.3, -0.25) is 4.99 Å². The summed E-state index contributed by atoms with van der Waals surface area (Å²) in [7, 11) is 0. The van der Waals surface area contributed by atoms with E-state index in [1.165, 1.54) is 6.07 Å². The van der Waals surface area contributed by atoms with Crippen LogP contribution in [0.1, 0.15) is 44.2 Å². The minimum atomic E-state index is -0.121. The topological polar surface area (TPSA) is 62.1 Å². The molecule has 2 rings (SSSR count). The summed E-state index contributed by atoms with van der Waals surface area (Å²) in [6.07, 6.45) is 5.66. The van der Waals surface area contributed by atoms with Crippen LogP contribution in [0.15, 0.2) is 53.5 Å². The number of benzene rings is 2. The molecule has 2 N–H and O–H groups in total. The summed E-state index contributed by atoms with van der Waals surface area (Å²) < 4.78 is 6.31. The molecule has 0 aliphatic carbocycles. The van der Waals surface area contributed by atoms with Gasteiger partial charge in [0.05, 0.1) is 11.8 Å². The average molecular weight is 353 g/mol. The third-order valence-corrected chi connectivity index (χ3v) is 4.26. The van der Waals surface area contributed by atoms with E-state index in [0.29, 0.717) is 6.42 Å². The van der Waals surface area contributed by atoms with Crippen molar-refractivity contribution in [1.29, 1.82) is 0 Å². The molecule has 0 saturated carbocycles. The van der Waals surface area contributed by atoms with E-state index in [1.54, 1.807) is 12.1 Å². The SMILES string of the molecule is C=Nc1ccccc1/C(=C\Cc1ccc(O)c(O)c1)OC(CC)CCC. The summed E-state index contributed by atoms with van der Waals surface area (Å²) in [5.74, 6) is 0.522. The third kappa shape index (κ3) is 5.12. The number of phenolic OH excluding ortho intramolecular Hbond substituents is 2. The van der Waals surface area contributed by atoms with Gasteiger partial charge in [-0.05, 0) is 61.9 Å². The highest BCUT2D eigenvalue weighted by atomic mass is 16.5. The van der Waals surface area contributed by atoms with Crippen LogP contribution in [0, 0.1) is 0 Å². The van der Waals surface area contributed by atoms with Gasteiger partial charge in [0.15, 0.2) is 11.5 Å². The predicted octanol–water partition coefficient (Wildman–Crippen LogP) is 5.61. The maximum atomic E-state index is 9.69.